The highest BCUT2D eigenvalue weighted by Crippen LogP contribution is 2.24. The molecule has 0 radical (unpaired) electrons. The van der Waals surface area contributed by atoms with Crippen molar-refractivity contribution in [2.45, 2.75) is 29.5 Å². The maximum absolute atomic E-state index is 12.3. The van der Waals surface area contributed by atoms with E-state index in [2.05, 4.69) is 26.1 Å². The molecule has 1 unspecified atom stereocenters. The topological polar surface area (TPSA) is 66.1 Å². The van der Waals surface area contributed by atoms with E-state index in [1.54, 1.807) is 6.92 Å². The summed E-state index contributed by atoms with van der Waals surface area (Å²) in [6.07, 6.45) is 3.30. The van der Waals surface area contributed by atoms with Gasteiger partial charge in [0.05, 0.1) is 11.9 Å². The minimum absolute atomic E-state index is 0.253. The maximum atomic E-state index is 12.3. The van der Waals surface area contributed by atoms with Crippen LogP contribution in [-0.2, 0) is 10.0 Å². The monoisotopic (exact) mass is 307 g/mol. The van der Waals surface area contributed by atoms with Gasteiger partial charge in [0, 0.05) is 17.9 Å². The summed E-state index contributed by atoms with van der Waals surface area (Å²) in [5.74, 6) is 0. The molecule has 0 bridgehead atoms. The number of nitrogens with one attached hydrogen (secondary N) is 1. The summed E-state index contributed by atoms with van der Waals surface area (Å²) >= 11 is 3.47. The van der Waals surface area contributed by atoms with Crippen LogP contribution in [-0.4, -0.2) is 40.8 Å². The van der Waals surface area contributed by atoms with E-state index < -0.39 is 10.0 Å². The average molecular weight is 308 g/mol. The minimum Gasteiger partial charge on any atom is -0.281 e. The zero-order valence-corrected chi connectivity index (χ0v) is 11.4. The summed E-state index contributed by atoms with van der Waals surface area (Å²) in [7, 11) is -3.37. The van der Waals surface area contributed by atoms with Gasteiger partial charge in [-0.3, -0.25) is 5.10 Å². The number of rotatable bonds is 2. The zero-order chi connectivity index (χ0) is 11.8. The van der Waals surface area contributed by atoms with Crippen LogP contribution < -0.4 is 0 Å². The van der Waals surface area contributed by atoms with Crippen LogP contribution in [0.2, 0.25) is 0 Å². The van der Waals surface area contributed by atoms with Crippen molar-refractivity contribution < 1.29 is 8.42 Å². The molecule has 0 spiro atoms. The summed E-state index contributed by atoms with van der Waals surface area (Å²) in [4.78, 5) is 0.539. The molecule has 2 heterocycles. The summed E-state index contributed by atoms with van der Waals surface area (Å²) < 4.78 is 26.0. The van der Waals surface area contributed by atoms with Crippen molar-refractivity contribution in [1.29, 1.82) is 0 Å². The molecule has 1 N–H and O–H groups in total. The van der Waals surface area contributed by atoms with E-state index in [0.717, 1.165) is 12.8 Å². The number of halogens is 1. The Morgan fingerprint density at radius 1 is 1.62 bits per heavy atom. The van der Waals surface area contributed by atoms with E-state index in [0.29, 0.717) is 18.8 Å². The first kappa shape index (κ1) is 12.1. The summed E-state index contributed by atoms with van der Waals surface area (Å²) in [5.41, 5.74) is 0.594. The second-order valence-corrected chi connectivity index (χ2v) is 7.16. The molecule has 90 valence electrons. The molecule has 0 saturated carbocycles. The Morgan fingerprint density at radius 2 is 2.38 bits per heavy atom. The highest BCUT2D eigenvalue weighted by molar-refractivity contribution is 9.09. The molecule has 1 atom stereocenters. The van der Waals surface area contributed by atoms with Gasteiger partial charge in [-0.25, -0.2) is 8.42 Å². The van der Waals surface area contributed by atoms with Crippen LogP contribution in [0, 0.1) is 6.92 Å². The van der Waals surface area contributed by atoms with Crippen LogP contribution in [0.15, 0.2) is 11.1 Å². The van der Waals surface area contributed by atoms with E-state index in [-0.39, 0.29) is 9.72 Å². The van der Waals surface area contributed by atoms with Gasteiger partial charge in [0.15, 0.2) is 0 Å². The molecule has 2 rings (SSSR count). The van der Waals surface area contributed by atoms with Crippen molar-refractivity contribution in [3.05, 3.63) is 11.9 Å². The van der Waals surface area contributed by atoms with Gasteiger partial charge in [0.1, 0.15) is 4.90 Å². The Bertz CT molecular complexity index is 471. The van der Waals surface area contributed by atoms with Crippen molar-refractivity contribution >= 4 is 26.0 Å². The Morgan fingerprint density at radius 3 is 2.94 bits per heavy atom. The molecular formula is C9H14BrN3O2S. The summed E-state index contributed by atoms with van der Waals surface area (Å²) in [6, 6.07) is 0. The molecule has 0 aromatic carbocycles. The van der Waals surface area contributed by atoms with E-state index >= 15 is 0 Å². The van der Waals surface area contributed by atoms with Gasteiger partial charge in [-0.1, -0.05) is 15.9 Å². The second kappa shape index (κ2) is 4.46. The van der Waals surface area contributed by atoms with Gasteiger partial charge < -0.3 is 0 Å². The molecule has 1 fully saturated rings. The van der Waals surface area contributed by atoms with Crippen molar-refractivity contribution in [3.8, 4) is 0 Å². The van der Waals surface area contributed by atoms with E-state index in [4.69, 9.17) is 0 Å². The highest BCUT2D eigenvalue weighted by atomic mass is 79.9. The fourth-order valence-corrected chi connectivity index (χ4v) is 4.36. The Labute approximate surface area is 103 Å². The highest BCUT2D eigenvalue weighted by Gasteiger charge is 2.30. The molecule has 1 aliphatic rings. The Hall–Kier alpha value is -0.400. The molecule has 1 aromatic heterocycles. The molecule has 16 heavy (non-hydrogen) atoms. The van der Waals surface area contributed by atoms with Gasteiger partial charge in [-0.05, 0) is 19.8 Å². The summed E-state index contributed by atoms with van der Waals surface area (Å²) in [5, 5.41) is 6.42. The van der Waals surface area contributed by atoms with Gasteiger partial charge in [0.2, 0.25) is 10.0 Å². The second-order valence-electron chi connectivity index (χ2n) is 3.96. The third-order valence-electron chi connectivity index (χ3n) is 2.73. The first-order valence-corrected chi connectivity index (χ1v) is 7.51. The van der Waals surface area contributed by atoms with Crippen LogP contribution in [0.3, 0.4) is 0 Å². The van der Waals surface area contributed by atoms with Crippen LogP contribution in [0.5, 0.6) is 0 Å². The van der Waals surface area contributed by atoms with E-state index in [1.165, 1.54) is 10.5 Å². The molecule has 0 aliphatic carbocycles. The Kier molecular flexibility index (Phi) is 3.37. The smallest absolute Gasteiger partial charge is 0.246 e. The quantitative estimate of drug-likeness (QED) is 0.837. The van der Waals surface area contributed by atoms with Gasteiger partial charge in [-0.2, -0.15) is 9.40 Å². The van der Waals surface area contributed by atoms with Crippen LogP contribution in [0.1, 0.15) is 18.5 Å². The number of aromatic amines is 1. The van der Waals surface area contributed by atoms with Crippen LogP contribution in [0.4, 0.5) is 0 Å². The lowest BCUT2D eigenvalue weighted by Gasteiger charge is -2.28. The number of aromatic nitrogens is 2. The average Bonchev–Trinajstić information content (AvgIpc) is 2.65. The number of alkyl halides is 1. The van der Waals surface area contributed by atoms with Gasteiger partial charge in [-0.15, -0.1) is 0 Å². The minimum atomic E-state index is -3.37. The lowest BCUT2D eigenvalue weighted by atomic mass is 10.2. The van der Waals surface area contributed by atoms with Crippen molar-refractivity contribution in [1.82, 2.24) is 14.5 Å². The van der Waals surface area contributed by atoms with Crippen LogP contribution >= 0.6 is 15.9 Å². The number of hydrogen-bond acceptors (Lipinski definition) is 3. The lowest BCUT2D eigenvalue weighted by molar-refractivity contribution is 0.356. The van der Waals surface area contributed by atoms with Crippen molar-refractivity contribution in [2.75, 3.05) is 13.1 Å². The fourth-order valence-electron chi connectivity index (χ4n) is 1.85. The number of H-pyrrole nitrogens is 1. The largest absolute Gasteiger partial charge is 0.281 e. The van der Waals surface area contributed by atoms with Crippen molar-refractivity contribution in [3.63, 3.8) is 0 Å². The van der Waals surface area contributed by atoms with Crippen molar-refractivity contribution in [2.24, 2.45) is 0 Å². The van der Waals surface area contributed by atoms with Gasteiger partial charge >= 0.3 is 0 Å². The Balaban J connectivity index is 2.29. The standard InChI is InChI=1S/C9H14BrN3O2S/c1-7-9(5-11-12-7)16(14,15)13-4-2-3-8(10)6-13/h5,8H,2-4,6H2,1H3,(H,11,12). The number of nitrogens with zero attached hydrogens (tertiary/aromatic N) is 2. The normalized spacial score (nSPS) is 23.5. The molecular weight excluding hydrogens is 294 g/mol. The molecule has 1 aromatic rings. The molecule has 1 aliphatic heterocycles. The first-order chi connectivity index (χ1) is 7.51. The number of hydrogen-bond donors (Lipinski definition) is 1. The SMILES string of the molecule is Cc1[nH]ncc1S(=O)(=O)N1CCCC(Br)C1. The molecule has 5 nitrogen and oxygen atoms in total. The maximum Gasteiger partial charge on any atom is 0.246 e. The van der Waals surface area contributed by atoms with E-state index in [1.807, 2.05) is 0 Å². The van der Waals surface area contributed by atoms with Gasteiger partial charge in [0.25, 0.3) is 0 Å². The first-order valence-electron chi connectivity index (χ1n) is 5.16. The zero-order valence-electron chi connectivity index (χ0n) is 8.98. The molecule has 7 heteroatoms. The number of piperidine rings is 1. The fraction of sp³-hybridized carbons (Fsp3) is 0.667. The van der Waals surface area contributed by atoms with E-state index in [9.17, 15) is 8.42 Å². The summed E-state index contributed by atoms with van der Waals surface area (Å²) in [6.45, 7) is 2.84. The third kappa shape index (κ3) is 2.16. The lowest BCUT2D eigenvalue weighted by Crippen LogP contribution is -2.40. The third-order valence-corrected chi connectivity index (χ3v) is 5.45. The molecule has 1 saturated heterocycles. The molecule has 0 amide bonds. The number of sulfonamides is 1. The number of aryl methyl sites for hydroxylation is 1. The predicted octanol–water partition coefficient (Wildman–Crippen LogP) is 1.27. The predicted molar refractivity (Wildman–Crippen MR) is 64.0 cm³/mol. The van der Waals surface area contributed by atoms with Crippen LogP contribution in [0.25, 0.3) is 0 Å².